The van der Waals surface area contributed by atoms with Gasteiger partial charge in [-0.3, -0.25) is 4.79 Å². The average Bonchev–Trinajstić information content (AvgIpc) is 2.63. The molecule has 1 saturated heterocycles. The third-order valence-electron chi connectivity index (χ3n) is 3.48. The predicted molar refractivity (Wildman–Crippen MR) is 69.3 cm³/mol. The van der Waals surface area contributed by atoms with E-state index in [2.05, 4.69) is 10.6 Å². The Bertz CT molecular complexity index is 348. The molecule has 5 N–H and O–H groups in total. The Hall–Kier alpha value is -1.34. The Labute approximate surface area is 112 Å². The molecule has 1 fully saturated rings. The van der Waals surface area contributed by atoms with Crippen LogP contribution in [0.15, 0.2) is 0 Å². The lowest BCUT2D eigenvalue weighted by Gasteiger charge is -2.28. The number of nitrogens with one attached hydrogen (secondary N) is 2. The molecule has 0 aromatic rings. The van der Waals surface area contributed by atoms with E-state index in [-0.39, 0.29) is 24.5 Å². The monoisotopic (exact) mass is 273 g/mol. The van der Waals surface area contributed by atoms with Gasteiger partial charge in [0, 0.05) is 19.6 Å². The number of rotatable bonds is 5. The maximum atomic E-state index is 12.0. The standard InChI is InChI=1S/C12H23N3O4/c1-7(2)9(15-11(13)17)10(16)14-6-12(18)4-5-19-8(12)3/h7-9,18H,4-6H2,1-3H3,(H,14,16)(H3,13,15,17). The van der Waals surface area contributed by atoms with Gasteiger partial charge in [-0.15, -0.1) is 0 Å². The number of urea groups is 1. The Morgan fingerprint density at radius 2 is 2.16 bits per heavy atom. The normalized spacial score (nSPS) is 28.2. The number of hydrogen-bond donors (Lipinski definition) is 4. The zero-order chi connectivity index (χ0) is 14.6. The zero-order valence-electron chi connectivity index (χ0n) is 11.6. The largest absolute Gasteiger partial charge is 0.385 e. The lowest BCUT2D eigenvalue weighted by Crippen LogP contribution is -2.55. The summed E-state index contributed by atoms with van der Waals surface area (Å²) < 4.78 is 5.28. The number of carbonyl (C=O) groups is 2. The van der Waals surface area contributed by atoms with Gasteiger partial charge in [0.05, 0.1) is 6.10 Å². The van der Waals surface area contributed by atoms with Crippen LogP contribution < -0.4 is 16.4 Å². The summed E-state index contributed by atoms with van der Waals surface area (Å²) in [5.41, 5.74) is 3.98. The molecule has 1 aliphatic rings. The first-order chi connectivity index (χ1) is 8.76. The molecule has 1 aliphatic heterocycles. The molecule has 0 saturated carbocycles. The van der Waals surface area contributed by atoms with Gasteiger partial charge in [0.1, 0.15) is 11.6 Å². The van der Waals surface area contributed by atoms with Crippen LogP contribution in [0.5, 0.6) is 0 Å². The first kappa shape index (κ1) is 15.7. The van der Waals surface area contributed by atoms with Gasteiger partial charge in [-0.1, -0.05) is 13.8 Å². The van der Waals surface area contributed by atoms with Crippen molar-refractivity contribution in [3.63, 3.8) is 0 Å². The highest BCUT2D eigenvalue weighted by Gasteiger charge is 2.40. The van der Waals surface area contributed by atoms with E-state index >= 15 is 0 Å². The summed E-state index contributed by atoms with van der Waals surface area (Å²) in [6, 6.07) is -1.45. The third-order valence-corrected chi connectivity index (χ3v) is 3.48. The van der Waals surface area contributed by atoms with Crippen molar-refractivity contribution < 1.29 is 19.4 Å². The van der Waals surface area contributed by atoms with Crippen LogP contribution in [0.2, 0.25) is 0 Å². The first-order valence-corrected chi connectivity index (χ1v) is 6.44. The average molecular weight is 273 g/mol. The van der Waals surface area contributed by atoms with Gasteiger partial charge in [-0.25, -0.2) is 4.79 Å². The fourth-order valence-corrected chi connectivity index (χ4v) is 2.04. The van der Waals surface area contributed by atoms with Crippen LogP contribution in [0, 0.1) is 5.92 Å². The third kappa shape index (κ3) is 4.07. The summed E-state index contributed by atoms with van der Waals surface area (Å²) in [4.78, 5) is 22.8. The number of carbonyl (C=O) groups excluding carboxylic acids is 2. The van der Waals surface area contributed by atoms with E-state index in [1.165, 1.54) is 0 Å². The molecule has 3 unspecified atom stereocenters. The summed E-state index contributed by atoms with van der Waals surface area (Å²) >= 11 is 0. The minimum atomic E-state index is -1.05. The molecule has 110 valence electrons. The maximum absolute atomic E-state index is 12.0. The lowest BCUT2D eigenvalue weighted by atomic mass is 9.96. The number of aliphatic hydroxyl groups is 1. The van der Waals surface area contributed by atoms with Crippen molar-refractivity contribution in [1.82, 2.24) is 10.6 Å². The minimum absolute atomic E-state index is 0.0939. The van der Waals surface area contributed by atoms with E-state index in [9.17, 15) is 14.7 Å². The van der Waals surface area contributed by atoms with Crippen molar-refractivity contribution in [2.45, 2.75) is 44.9 Å². The summed E-state index contributed by atoms with van der Waals surface area (Å²) in [5, 5.41) is 15.3. The van der Waals surface area contributed by atoms with Gasteiger partial charge in [-0.2, -0.15) is 0 Å². The highest BCUT2D eigenvalue weighted by molar-refractivity contribution is 5.86. The molecular formula is C12H23N3O4. The number of ether oxygens (including phenoxy) is 1. The van der Waals surface area contributed by atoms with Gasteiger partial charge in [0.15, 0.2) is 0 Å². The second kappa shape index (κ2) is 6.21. The van der Waals surface area contributed by atoms with Crippen molar-refractivity contribution >= 4 is 11.9 Å². The quantitative estimate of drug-likeness (QED) is 0.532. The molecule has 0 radical (unpaired) electrons. The summed E-state index contributed by atoms with van der Waals surface area (Å²) in [7, 11) is 0. The Kier molecular flexibility index (Phi) is 5.13. The fraction of sp³-hybridized carbons (Fsp3) is 0.833. The van der Waals surface area contributed by atoms with Crippen LogP contribution >= 0.6 is 0 Å². The van der Waals surface area contributed by atoms with Crippen LogP contribution in [0.3, 0.4) is 0 Å². The highest BCUT2D eigenvalue weighted by atomic mass is 16.5. The number of amides is 3. The van der Waals surface area contributed by atoms with Crippen molar-refractivity contribution in [1.29, 1.82) is 0 Å². The summed E-state index contributed by atoms with van der Waals surface area (Å²) in [5.74, 6) is -0.458. The molecule has 0 aliphatic carbocycles. The fourth-order valence-electron chi connectivity index (χ4n) is 2.04. The zero-order valence-corrected chi connectivity index (χ0v) is 11.6. The minimum Gasteiger partial charge on any atom is -0.385 e. The number of primary amides is 1. The first-order valence-electron chi connectivity index (χ1n) is 6.44. The smallest absolute Gasteiger partial charge is 0.312 e. The van der Waals surface area contributed by atoms with Gasteiger partial charge in [-0.05, 0) is 12.8 Å². The predicted octanol–water partition coefficient (Wildman–Crippen LogP) is -0.665. The topological polar surface area (TPSA) is 114 Å². The molecule has 7 heteroatoms. The summed E-state index contributed by atoms with van der Waals surface area (Å²) in [6.07, 6.45) is 0.152. The Morgan fingerprint density at radius 3 is 2.58 bits per heavy atom. The van der Waals surface area contributed by atoms with Gasteiger partial charge < -0.3 is 26.2 Å². The van der Waals surface area contributed by atoms with E-state index in [0.717, 1.165) is 0 Å². The SMILES string of the molecule is CC(C)C(NC(N)=O)C(=O)NCC1(O)CCOC1C. The van der Waals surface area contributed by atoms with Crippen LogP contribution in [0.1, 0.15) is 27.2 Å². The molecule has 0 aromatic carbocycles. The second-order valence-corrected chi connectivity index (χ2v) is 5.31. The molecule has 7 nitrogen and oxygen atoms in total. The maximum Gasteiger partial charge on any atom is 0.312 e. The van der Waals surface area contributed by atoms with Crippen LogP contribution in [0.25, 0.3) is 0 Å². The van der Waals surface area contributed by atoms with Crippen LogP contribution in [-0.2, 0) is 9.53 Å². The number of nitrogens with two attached hydrogens (primary N) is 1. The second-order valence-electron chi connectivity index (χ2n) is 5.31. The highest BCUT2D eigenvalue weighted by Crippen LogP contribution is 2.24. The van der Waals surface area contributed by atoms with Crippen LogP contribution in [-0.4, -0.2) is 47.9 Å². The molecule has 0 aromatic heterocycles. The van der Waals surface area contributed by atoms with E-state index in [4.69, 9.17) is 10.5 Å². The molecule has 0 spiro atoms. The van der Waals surface area contributed by atoms with Crippen molar-refractivity contribution in [3.05, 3.63) is 0 Å². The molecule has 3 amide bonds. The molecule has 1 rings (SSSR count). The number of hydrogen-bond acceptors (Lipinski definition) is 4. The van der Waals surface area contributed by atoms with Crippen LogP contribution in [0.4, 0.5) is 4.79 Å². The Balaban J connectivity index is 2.55. The molecule has 3 atom stereocenters. The van der Waals surface area contributed by atoms with Gasteiger partial charge in [0.25, 0.3) is 0 Å². The summed E-state index contributed by atoms with van der Waals surface area (Å²) in [6.45, 7) is 5.94. The molecular weight excluding hydrogens is 250 g/mol. The van der Waals surface area contributed by atoms with E-state index < -0.39 is 17.7 Å². The van der Waals surface area contributed by atoms with E-state index in [0.29, 0.717) is 13.0 Å². The van der Waals surface area contributed by atoms with Gasteiger partial charge >= 0.3 is 6.03 Å². The van der Waals surface area contributed by atoms with Crippen molar-refractivity contribution in [3.8, 4) is 0 Å². The molecule has 19 heavy (non-hydrogen) atoms. The lowest BCUT2D eigenvalue weighted by molar-refractivity contribution is -0.125. The van der Waals surface area contributed by atoms with Gasteiger partial charge in [0.2, 0.25) is 5.91 Å². The van der Waals surface area contributed by atoms with E-state index in [1.807, 2.05) is 0 Å². The molecule has 0 bridgehead atoms. The van der Waals surface area contributed by atoms with Crippen molar-refractivity contribution in [2.75, 3.05) is 13.2 Å². The van der Waals surface area contributed by atoms with Crippen molar-refractivity contribution in [2.24, 2.45) is 11.7 Å². The Morgan fingerprint density at radius 1 is 1.53 bits per heavy atom. The van der Waals surface area contributed by atoms with E-state index in [1.54, 1.807) is 20.8 Å². The molecule has 1 heterocycles.